The van der Waals surface area contributed by atoms with E-state index in [9.17, 15) is 14.4 Å². The number of aryl methyl sites for hydroxylation is 3. The lowest BCUT2D eigenvalue weighted by Gasteiger charge is -2.25. The zero-order chi connectivity index (χ0) is 34.4. The molecule has 49 heavy (non-hydrogen) atoms. The molecule has 5 aromatic rings. The van der Waals surface area contributed by atoms with Crippen LogP contribution in [0.1, 0.15) is 67.8 Å². The van der Waals surface area contributed by atoms with E-state index in [4.69, 9.17) is 18.9 Å². The number of aromatic nitrogens is 4. The normalized spacial score (nSPS) is 21.0. The topological polar surface area (TPSA) is 135 Å². The fourth-order valence-electron chi connectivity index (χ4n) is 6.07. The average Bonchev–Trinajstić information content (AvgIpc) is 3.75. The number of rotatable bonds is 7. The lowest BCUT2D eigenvalue weighted by molar-refractivity contribution is -0.199. The molecule has 250 valence electrons. The molecule has 2 aliphatic rings. The summed E-state index contributed by atoms with van der Waals surface area (Å²) in [6.45, 7) is 9.29. The summed E-state index contributed by atoms with van der Waals surface area (Å²) in [4.78, 5) is 55.5. The van der Waals surface area contributed by atoms with Crippen molar-refractivity contribution in [2.24, 2.45) is 0 Å². The van der Waals surface area contributed by atoms with Gasteiger partial charge in [-0.2, -0.15) is 0 Å². The first-order valence-corrected chi connectivity index (χ1v) is 15.9. The summed E-state index contributed by atoms with van der Waals surface area (Å²) in [7, 11) is 0. The first-order chi connectivity index (χ1) is 23.5. The highest BCUT2D eigenvalue weighted by Gasteiger charge is 2.56. The van der Waals surface area contributed by atoms with E-state index < -0.39 is 48.1 Å². The second-order valence-corrected chi connectivity index (χ2v) is 12.8. The molecule has 2 saturated heterocycles. The minimum absolute atomic E-state index is 0.0157. The van der Waals surface area contributed by atoms with Gasteiger partial charge in [-0.15, -0.1) is 0 Å². The van der Waals surface area contributed by atoms with Crippen LogP contribution in [-0.2, 0) is 18.9 Å². The number of esters is 1. The van der Waals surface area contributed by atoms with Crippen molar-refractivity contribution in [2.45, 2.75) is 64.9 Å². The third-order valence-electron chi connectivity index (χ3n) is 8.62. The smallest absolute Gasteiger partial charge is 0.338 e. The van der Waals surface area contributed by atoms with Gasteiger partial charge in [0.2, 0.25) is 0 Å². The van der Waals surface area contributed by atoms with Gasteiger partial charge in [0, 0.05) is 11.1 Å². The van der Waals surface area contributed by atoms with Crippen LogP contribution in [0.3, 0.4) is 0 Å². The van der Waals surface area contributed by atoms with Crippen molar-refractivity contribution in [1.29, 1.82) is 0 Å². The van der Waals surface area contributed by atoms with Gasteiger partial charge in [0.1, 0.15) is 31.2 Å². The molecule has 0 N–H and O–H groups in total. The molecule has 4 heterocycles. The predicted molar refractivity (Wildman–Crippen MR) is 178 cm³/mol. The van der Waals surface area contributed by atoms with E-state index >= 15 is 0 Å². The van der Waals surface area contributed by atoms with Gasteiger partial charge < -0.3 is 18.9 Å². The molecule has 3 aromatic carbocycles. The Kier molecular flexibility index (Phi) is 8.31. The number of carbonyl (C=O) groups excluding carboxylic acids is 3. The average molecular weight is 662 g/mol. The Hall–Kier alpha value is -5.30. The molecule has 0 unspecified atom stereocenters. The van der Waals surface area contributed by atoms with Crippen molar-refractivity contribution in [3.05, 3.63) is 119 Å². The molecule has 4 atom stereocenters. The Morgan fingerprint density at radius 3 is 1.86 bits per heavy atom. The molecular formula is C37H35N5O7. The van der Waals surface area contributed by atoms with Crippen LogP contribution in [0.15, 0.2) is 85.5 Å². The standard InChI is InChI=1S/C37H35N5O7/c1-21-6-12-24(13-7-21)33(43)42(34(44)25-14-8-22(2)9-15-25)32-28-31(38-19-39-32)41(20-40-28)35-30-29(48-37(4,5)49-30)27(47-35)18-46-36(45)26-16-10-23(3)11-17-26/h6-17,19-20,27,29-30,35H,18H2,1-5H3/t27-,29-,30-,35-/m1/s1. The monoisotopic (exact) mass is 661 g/mol. The summed E-state index contributed by atoms with van der Waals surface area (Å²) >= 11 is 0. The maximum Gasteiger partial charge on any atom is 0.338 e. The molecule has 0 bridgehead atoms. The Morgan fingerprint density at radius 1 is 0.755 bits per heavy atom. The molecule has 12 heteroatoms. The fourth-order valence-corrected chi connectivity index (χ4v) is 6.07. The maximum atomic E-state index is 14.1. The van der Waals surface area contributed by atoms with Crippen molar-refractivity contribution in [3.63, 3.8) is 0 Å². The Labute approximate surface area is 282 Å². The highest BCUT2D eigenvalue weighted by molar-refractivity contribution is 6.27. The van der Waals surface area contributed by atoms with Crippen LogP contribution < -0.4 is 4.90 Å². The Bertz CT molecular complexity index is 1980. The molecule has 7 rings (SSSR count). The highest BCUT2D eigenvalue weighted by atomic mass is 16.8. The molecule has 2 aromatic heterocycles. The lowest BCUT2D eigenvalue weighted by Crippen LogP contribution is -2.38. The van der Waals surface area contributed by atoms with E-state index in [-0.39, 0.29) is 17.9 Å². The third-order valence-corrected chi connectivity index (χ3v) is 8.62. The SMILES string of the molecule is Cc1ccc(C(=O)OC[C@H]2O[C@@H](n3cnc4c(N(C(=O)c5ccc(C)cc5)C(=O)c5ccc(C)cc5)ncnc43)[C@@H]3OC(C)(C)O[C@@H]32)cc1. The van der Waals surface area contributed by atoms with Crippen molar-refractivity contribution in [1.82, 2.24) is 19.5 Å². The number of amides is 2. The van der Waals surface area contributed by atoms with E-state index in [1.165, 1.54) is 12.7 Å². The van der Waals surface area contributed by atoms with Gasteiger partial charge in [0.25, 0.3) is 11.8 Å². The Morgan fingerprint density at radius 2 is 1.29 bits per heavy atom. The number of nitrogens with zero attached hydrogens (tertiary/aromatic N) is 5. The quantitative estimate of drug-likeness (QED) is 0.162. The van der Waals surface area contributed by atoms with Crippen LogP contribution >= 0.6 is 0 Å². The van der Waals surface area contributed by atoms with Crippen molar-refractivity contribution < 1.29 is 33.3 Å². The highest BCUT2D eigenvalue weighted by Crippen LogP contribution is 2.44. The third kappa shape index (κ3) is 6.21. The van der Waals surface area contributed by atoms with E-state index in [0.29, 0.717) is 22.3 Å². The zero-order valence-corrected chi connectivity index (χ0v) is 27.7. The van der Waals surface area contributed by atoms with Crippen molar-refractivity contribution in [3.8, 4) is 0 Å². The molecular weight excluding hydrogens is 626 g/mol. The van der Waals surface area contributed by atoms with Crippen LogP contribution in [0.4, 0.5) is 5.82 Å². The van der Waals surface area contributed by atoms with Gasteiger partial charge in [-0.3, -0.25) is 14.2 Å². The molecule has 0 saturated carbocycles. The number of benzene rings is 3. The molecule has 0 aliphatic carbocycles. The number of imide groups is 1. The zero-order valence-electron chi connectivity index (χ0n) is 27.7. The number of carbonyl (C=O) groups is 3. The van der Waals surface area contributed by atoms with Gasteiger partial charge in [0.05, 0.1) is 11.9 Å². The summed E-state index contributed by atoms with van der Waals surface area (Å²) in [5.41, 5.74) is 4.51. The van der Waals surface area contributed by atoms with Gasteiger partial charge >= 0.3 is 5.97 Å². The number of imidazole rings is 1. The molecule has 0 spiro atoms. The van der Waals surface area contributed by atoms with E-state index in [2.05, 4.69) is 15.0 Å². The van der Waals surface area contributed by atoms with Gasteiger partial charge in [-0.05, 0) is 71.0 Å². The summed E-state index contributed by atoms with van der Waals surface area (Å²) in [6.07, 6.45) is 0.117. The number of hydrogen-bond acceptors (Lipinski definition) is 10. The van der Waals surface area contributed by atoms with E-state index in [1.54, 1.807) is 79.1 Å². The fraction of sp³-hybridized carbons (Fsp3) is 0.297. The number of hydrogen-bond donors (Lipinski definition) is 0. The van der Waals surface area contributed by atoms with E-state index in [1.807, 2.05) is 32.9 Å². The summed E-state index contributed by atoms with van der Waals surface area (Å²) in [6, 6.07) is 21.0. The lowest BCUT2D eigenvalue weighted by atomic mass is 10.1. The van der Waals surface area contributed by atoms with Crippen molar-refractivity contribution >= 4 is 34.8 Å². The second-order valence-electron chi connectivity index (χ2n) is 12.8. The molecule has 2 fully saturated rings. The molecule has 12 nitrogen and oxygen atoms in total. The first-order valence-electron chi connectivity index (χ1n) is 15.9. The minimum atomic E-state index is -0.940. The van der Waals surface area contributed by atoms with Gasteiger partial charge in [0.15, 0.2) is 29.0 Å². The summed E-state index contributed by atoms with van der Waals surface area (Å²) < 4.78 is 26.2. The summed E-state index contributed by atoms with van der Waals surface area (Å²) in [5.74, 6) is -2.54. The maximum absolute atomic E-state index is 14.1. The number of ether oxygens (including phenoxy) is 4. The molecule has 2 aliphatic heterocycles. The van der Waals surface area contributed by atoms with Crippen LogP contribution in [-0.4, -0.2) is 68.0 Å². The largest absolute Gasteiger partial charge is 0.459 e. The summed E-state index contributed by atoms with van der Waals surface area (Å²) in [5, 5.41) is 0. The minimum Gasteiger partial charge on any atom is -0.459 e. The second kappa shape index (κ2) is 12.6. The van der Waals surface area contributed by atoms with Crippen LogP contribution in [0.5, 0.6) is 0 Å². The van der Waals surface area contributed by atoms with Crippen LogP contribution in [0, 0.1) is 20.8 Å². The predicted octanol–water partition coefficient (Wildman–Crippen LogP) is 5.51. The first kappa shape index (κ1) is 32.3. The van der Waals surface area contributed by atoms with Gasteiger partial charge in [-0.1, -0.05) is 53.1 Å². The molecule has 2 amide bonds. The van der Waals surface area contributed by atoms with Crippen LogP contribution in [0.2, 0.25) is 0 Å². The number of fused-ring (bicyclic) bond motifs is 2. The molecule has 0 radical (unpaired) electrons. The van der Waals surface area contributed by atoms with E-state index in [0.717, 1.165) is 21.6 Å². The van der Waals surface area contributed by atoms with Gasteiger partial charge in [-0.25, -0.2) is 24.6 Å². The van der Waals surface area contributed by atoms with Crippen molar-refractivity contribution in [2.75, 3.05) is 11.5 Å². The number of anilines is 1. The van der Waals surface area contributed by atoms with Crippen LogP contribution in [0.25, 0.3) is 11.2 Å². The Balaban J connectivity index is 1.23.